The number of hydrogen-bond acceptors (Lipinski definition) is 7. The zero-order chi connectivity index (χ0) is 15.6. The highest BCUT2D eigenvalue weighted by atomic mass is 16.6. The smallest absolute Gasteiger partial charge is 0.351 e. The number of nitrogen functional groups attached to an aromatic ring is 1. The van der Waals surface area contributed by atoms with E-state index >= 15 is 0 Å². The molecule has 1 aliphatic heterocycles. The van der Waals surface area contributed by atoms with Gasteiger partial charge in [-0.3, -0.25) is 4.57 Å². The average molecular weight is 299 g/mol. The number of aromatic nitrogens is 2. The summed E-state index contributed by atoms with van der Waals surface area (Å²) in [5, 5.41) is 19.4. The van der Waals surface area contributed by atoms with Crippen LogP contribution >= 0.6 is 0 Å². The maximum Gasteiger partial charge on any atom is 0.351 e. The highest BCUT2D eigenvalue weighted by Crippen LogP contribution is 2.31. The first-order chi connectivity index (χ1) is 9.99. The van der Waals surface area contributed by atoms with Crippen molar-refractivity contribution >= 4 is 5.82 Å². The normalized spacial score (nSPS) is 29.0. The number of rotatable bonds is 5. The van der Waals surface area contributed by atoms with Crippen LogP contribution in [0.1, 0.15) is 25.1 Å². The van der Waals surface area contributed by atoms with Gasteiger partial charge < -0.3 is 25.4 Å². The van der Waals surface area contributed by atoms with Crippen molar-refractivity contribution in [2.24, 2.45) is 0 Å². The summed E-state index contributed by atoms with van der Waals surface area (Å²) in [6, 6.07) is 0. The van der Waals surface area contributed by atoms with Gasteiger partial charge in [0.25, 0.3) is 0 Å². The van der Waals surface area contributed by atoms with Gasteiger partial charge in [0.05, 0.1) is 6.61 Å². The van der Waals surface area contributed by atoms with Crippen molar-refractivity contribution in [3.8, 4) is 0 Å². The Labute approximate surface area is 122 Å². The fraction of sp³-hybridized carbons (Fsp3) is 0.692. The summed E-state index contributed by atoms with van der Waals surface area (Å²) in [5.74, 6) is 0.152. The molecule has 0 aromatic carbocycles. The van der Waals surface area contributed by atoms with E-state index in [2.05, 4.69) is 4.98 Å². The average Bonchev–Trinajstić information content (AvgIpc) is 2.77. The van der Waals surface area contributed by atoms with Crippen molar-refractivity contribution in [3.63, 3.8) is 0 Å². The Bertz CT molecular complexity index is 547. The van der Waals surface area contributed by atoms with E-state index in [1.807, 2.05) is 6.92 Å². The van der Waals surface area contributed by atoms with Crippen LogP contribution < -0.4 is 11.4 Å². The molecule has 1 saturated heterocycles. The summed E-state index contributed by atoms with van der Waals surface area (Å²) in [6.45, 7) is 3.70. The second kappa shape index (κ2) is 6.52. The molecule has 0 spiro atoms. The molecule has 8 heteroatoms. The van der Waals surface area contributed by atoms with E-state index in [4.69, 9.17) is 15.2 Å². The van der Waals surface area contributed by atoms with Crippen LogP contribution in [0.4, 0.5) is 5.82 Å². The quantitative estimate of drug-likeness (QED) is 0.649. The molecule has 2 rings (SSSR count). The molecule has 1 aromatic heterocycles. The molecular formula is C13H21N3O5. The number of nitrogens with two attached hydrogens (primary N) is 1. The molecule has 118 valence electrons. The predicted molar refractivity (Wildman–Crippen MR) is 74.7 cm³/mol. The van der Waals surface area contributed by atoms with Gasteiger partial charge in [-0.25, -0.2) is 4.79 Å². The largest absolute Gasteiger partial charge is 0.394 e. The first kappa shape index (κ1) is 15.9. The van der Waals surface area contributed by atoms with Crippen LogP contribution in [0.2, 0.25) is 0 Å². The molecule has 0 aliphatic carbocycles. The standard InChI is InChI=1S/C13H21N3O5/c1-3-4-20-10-9(18)8(6-17)21-12(10)16-5-7(2)11(14)15-13(16)19/h5,8-10,12,17-18H,3-4,6H2,1-2H3,(H2,14,15,19)/t8-,9?,10?,12-/m1/s1. The lowest BCUT2D eigenvalue weighted by Gasteiger charge is -2.22. The second-order valence-corrected chi connectivity index (χ2v) is 5.07. The Kier molecular flexibility index (Phi) is 4.94. The van der Waals surface area contributed by atoms with Crippen LogP contribution in [0.5, 0.6) is 0 Å². The molecule has 8 nitrogen and oxygen atoms in total. The minimum Gasteiger partial charge on any atom is -0.394 e. The molecule has 2 heterocycles. The maximum absolute atomic E-state index is 12.0. The summed E-state index contributed by atoms with van der Waals surface area (Å²) in [6.07, 6.45) is -1.14. The Balaban J connectivity index is 2.35. The fourth-order valence-corrected chi connectivity index (χ4v) is 2.29. The first-order valence-corrected chi connectivity index (χ1v) is 6.90. The first-order valence-electron chi connectivity index (χ1n) is 6.90. The fourth-order valence-electron chi connectivity index (χ4n) is 2.29. The number of aliphatic hydroxyl groups excluding tert-OH is 2. The third-order valence-corrected chi connectivity index (χ3v) is 3.46. The monoisotopic (exact) mass is 299 g/mol. The summed E-state index contributed by atoms with van der Waals surface area (Å²) in [4.78, 5) is 15.7. The SMILES string of the molecule is CCCOC1C(O)[C@@H](CO)O[C@H]1n1cc(C)c(N)nc1=O. The number of ether oxygens (including phenoxy) is 2. The summed E-state index contributed by atoms with van der Waals surface area (Å²) < 4.78 is 12.4. The van der Waals surface area contributed by atoms with Crippen LogP contribution in [0.25, 0.3) is 0 Å². The van der Waals surface area contributed by atoms with Crippen molar-refractivity contribution in [3.05, 3.63) is 22.2 Å². The van der Waals surface area contributed by atoms with Crippen LogP contribution in [0.15, 0.2) is 11.0 Å². The third-order valence-electron chi connectivity index (χ3n) is 3.46. The van der Waals surface area contributed by atoms with E-state index in [9.17, 15) is 15.0 Å². The number of aryl methyl sites for hydroxylation is 1. The second-order valence-electron chi connectivity index (χ2n) is 5.07. The van der Waals surface area contributed by atoms with E-state index in [-0.39, 0.29) is 12.4 Å². The van der Waals surface area contributed by atoms with Crippen molar-refractivity contribution in [1.29, 1.82) is 0 Å². The molecular weight excluding hydrogens is 278 g/mol. The van der Waals surface area contributed by atoms with Gasteiger partial charge >= 0.3 is 5.69 Å². The Morgan fingerprint density at radius 3 is 2.90 bits per heavy atom. The summed E-state index contributed by atoms with van der Waals surface area (Å²) >= 11 is 0. The molecule has 1 aromatic rings. The van der Waals surface area contributed by atoms with Gasteiger partial charge in [0.2, 0.25) is 0 Å². The number of anilines is 1. The van der Waals surface area contributed by atoms with Crippen molar-refractivity contribution in [2.75, 3.05) is 18.9 Å². The number of hydrogen-bond donors (Lipinski definition) is 3. The van der Waals surface area contributed by atoms with E-state index in [0.717, 1.165) is 6.42 Å². The lowest BCUT2D eigenvalue weighted by molar-refractivity contribution is -0.0741. The van der Waals surface area contributed by atoms with E-state index in [1.165, 1.54) is 10.8 Å². The zero-order valence-electron chi connectivity index (χ0n) is 12.1. The van der Waals surface area contributed by atoms with Gasteiger partial charge in [0.15, 0.2) is 6.23 Å². The zero-order valence-corrected chi connectivity index (χ0v) is 12.1. The van der Waals surface area contributed by atoms with Crippen LogP contribution in [-0.2, 0) is 9.47 Å². The molecule has 0 amide bonds. The highest BCUT2D eigenvalue weighted by Gasteiger charge is 2.45. The predicted octanol–water partition coefficient (Wildman–Crippen LogP) is -0.820. The topological polar surface area (TPSA) is 120 Å². The molecule has 0 saturated carbocycles. The van der Waals surface area contributed by atoms with Crippen molar-refractivity contribution < 1.29 is 19.7 Å². The van der Waals surface area contributed by atoms with Crippen LogP contribution in [0, 0.1) is 6.92 Å². The van der Waals surface area contributed by atoms with E-state index in [1.54, 1.807) is 6.92 Å². The van der Waals surface area contributed by atoms with Gasteiger partial charge in [-0.15, -0.1) is 0 Å². The van der Waals surface area contributed by atoms with E-state index in [0.29, 0.717) is 12.2 Å². The minimum atomic E-state index is -1.02. The Morgan fingerprint density at radius 1 is 1.57 bits per heavy atom. The van der Waals surface area contributed by atoms with Gasteiger partial charge in [-0.1, -0.05) is 6.92 Å². The van der Waals surface area contributed by atoms with Crippen LogP contribution in [0.3, 0.4) is 0 Å². The minimum absolute atomic E-state index is 0.152. The van der Waals surface area contributed by atoms with Crippen LogP contribution in [-0.4, -0.2) is 51.3 Å². The highest BCUT2D eigenvalue weighted by molar-refractivity contribution is 5.35. The Morgan fingerprint density at radius 2 is 2.29 bits per heavy atom. The Hall–Kier alpha value is -1.48. The van der Waals surface area contributed by atoms with E-state index < -0.39 is 30.2 Å². The maximum atomic E-state index is 12.0. The molecule has 4 atom stereocenters. The van der Waals surface area contributed by atoms with Crippen molar-refractivity contribution in [2.45, 2.75) is 44.8 Å². The van der Waals surface area contributed by atoms with Gasteiger partial charge in [-0.2, -0.15) is 4.98 Å². The molecule has 1 aliphatic rings. The summed E-state index contributed by atoms with van der Waals surface area (Å²) in [7, 11) is 0. The molecule has 0 radical (unpaired) electrons. The van der Waals surface area contributed by atoms with Gasteiger partial charge in [0.1, 0.15) is 24.1 Å². The number of aliphatic hydroxyl groups is 2. The third kappa shape index (κ3) is 3.08. The lowest BCUT2D eigenvalue weighted by Crippen LogP contribution is -2.38. The number of nitrogens with zero attached hydrogens (tertiary/aromatic N) is 2. The molecule has 2 unspecified atom stereocenters. The lowest BCUT2D eigenvalue weighted by atomic mass is 10.1. The molecule has 0 bridgehead atoms. The van der Waals surface area contributed by atoms with Crippen molar-refractivity contribution in [1.82, 2.24) is 9.55 Å². The van der Waals surface area contributed by atoms with Gasteiger partial charge in [-0.05, 0) is 13.3 Å². The summed E-state index contributed by atoms with van der Waals surface area (Å²) in [5.41, 5.74) is 5.63. The molecule has 1 fully saturated rings. The van der Waals surface area contributed by atoms with Gasteiger partial charge in [0, 0.05) is 18.4 Å². The molecule has 21 heavy (non-hydrogen) atoms. The molecule has 4 N–H and O–H groups in total.